The predicted octanol–water partition coefficient (Wildman–Crippen LogP) is 4.12. The number of hydrogen-bond donors (Lipinski definition) is 0. The smallest absolute Gasteiger partial charge is 0.0366 e. The van der Waals surface area contributed by atoms with Crippen molar-refractivity contribution >= 4 is 5.69 Å². The number of anilines is 1. The van der Waals surface area contributed by atoms with Crippen molar-refractivity contribution in [3.63, 3.8) is 0 Å². The van der Waals surface area contributed by atoms with Gasteiger partial charge in [0.2, 0.25) is 0 Å². The van der Waals surface area contributed by atoms with Gasteiger partial charge in [0.05, 0.1) is 0 Å². The van der Waals surface area contributed by atoms with Gasteiger partial charge in [0.15, 0.2) is 0 Å². The van der Waals surface area contributed by atoms with Gasteiger partial charge in [0, 0.05) is 18.8 Å². The van der Waals surface area contributed by atoms with E-state index < -0.39 is 0 Å². The summed E-state index contributed by atoms with van der Waals surface area (Å²) in [4.78, 5) is 2.38. The van der Waals surface area contributed by atoms with Gasteiger partial charge in [-0.15, -0.1) is 0 Å². The van der Waals surface area contributed by atoms with Gasteiger partial charge in [0.25, 0.3) is 0 Å². The molecule has 0 saturated carbocycles. The minimum Gasteiger partial charge on any atom is -0.372 e. The van der Waals surface area contributed by atoms with Crippen molar-refractivity contribution < 1.29 is 0 Å². The van der Waals surface area contributed by atoms with Crippen LogP contribution in [0, 0.1) is 5.41 Å². The van der Waals surface area contributed by atoms with Crippen molar-refractivity contribution in [1.29, 1.82) is 0 Å². The van der Waals surface area contributed by atoms with E-state index in [0.29, 0.717) is 5.41 Å². The van der Waals surface area contributed by atoms with E-state index in [4.69, 9.17) is 0 Å². The van der Waals surface area contributed by atoms with Crippen LogP contribution in [0.2, 0.25) is 0 Å². The molecule has 1 aromatic carbocycles. The molecule has 0 aliphatic carbocycles. The molecule has 0 saturated heterocycles. The standard InChI is InChI=1S/C15H25N/c1-6-16(7-2)14-10-8-13(9-11-14)12-15(3,4)5/h8-11H,6-7,12H2,1-5H3. The highest BCUT2D eigenvalue weighted by Crippen LogP contribution is 2.22. The topological polar surface area (TPSA) is 3.24 Å². The number of hydrogen-bond acceptors (Lipinski definition) is 1. The normalized spacial score (nSPS) is 11.6. The summed E-state index contributed by atoms with van der Waals surface area (Å²) in [5.41, 5.74) is 3.14. The van der Waals surface area contributed by atoms with Crippen molar-refractivity contribution in [2.24, 2.45) is 5.41 Å². The summed E-state index contributed by atoms with van der Waals surface area (Å²) in [5, 5.41) is 0. The number of benzene rings is 1. The molecule has 0 amide bonds. The van der Waals surface area contributed by atoms with Crippen LogP contribution in [0.25, 0.3) is 0 Å². The lowest BCUT2D eigenvalue weighted by Gasteiger charge is -2.22. The van der Waals surface area contributed by atoms with Crippen LogP contribution in [-0.4, -0.2) is 13.1 Å². The molecule has 1 nitrogen and oxygen atoms in total. The van der Waals surface area contributed by atoms with Crippen LogP contribution >= 0.6 is 0 Å². The highest BCUT2D eigenvalue weighted by Gasteiger charge is 2.11. The van der Waals surface area contributed by atoms with Crippen LogP contribution in [0.15, 0.2) is 24.3 Å². The van der Waals surface area contributed by atoms with Gasteiger partial charge in [-0.1, -0.05) is 32.9 Å². The molecule has 0 fully saturated rings. The molecule has 90 valence electrons. The Kier molecular flexibility index (Phi) is 4.40. The van der Waals surface area contributed by atoms with Crippen molar-refractivity contribution in [2.45, 2.75) is 41.0 Å². The average molecular weight is 219 g/mol. The van der Waals surface area contributed by atoms with Crippen LogP contribution in [0.5, 0.6) is 0 Å². The summed E-state index contributed by atoms with van der Waals surface area (Å²) in [7, 11) is 0. The molecule has 1 heteroatoms. The molecule has 0 aromatic heterocycles. The highest BCUT2D eigenvalue weighted by molar-refractivity contribution is 5.47. The molecule has 0 radical (unpaired) electrons. The minimum absolute atomic E-state index is 0.372. The van der Waals surface area contributed by atoms with E-state index >= 15 is 0 Å². The molecule has 0 heterocycles. The summed E-state index contributed by atoms with van der Waals surface area (Å²) < 4.78 is 0. The van der Waals surface area contributed by atoms with Gasteiger partial charge in [-0.2, -0.15) is 0 Å². The monoisotopic (exact) mass is 219 g/mol. The van der Waals surface area contributed by atoms with Crippen molar-refractivity contribution in [3.05, 3.63) is 29.8 Å². The second-order valence-electron chi connectivity index (χ2n) is 5.58. The third-order valence-corrected chi connectivity index (χ3v) is 2.80. The Balaban J connectivity index is 2.75. The summed E-state index contributed by atoms with van der Waals surface area (Å²) in [6.07, 6.45) is 1.14. The summed E-state index contributed by atoms with van der Waals surface area (Å²) in [6.45, 7) is 13.4. The highest BCUT2D eigenvalue weighted by atomic mass is 15.1. The zero-order chi connectivity index (χ0) is 12.2. The first-order chi connectivity index (χ1) is 7.46. The molecule has 0 unspecified atom stereocenters. The van der Waals surface area contributed by atoms with Gasteiger partial charge in [-0.3, -0.25) is 0 Å². The van der Waals surface area contributed by atoms with Crippen molar-refractivity contribution in [2.75, 3.05) is 18.0 Å². The molecular formula is C15H25N. The van der Waals surface area contributed by atoms with Gasteiger partial charge in [-0.25, -0.2) is 0 Å². The Hall–Kier alpha value is -0.980. The average Bonchev–Trinajstić information content (AvgIpc) is 2.20. The second-order valence-corrected chi connectivity index (χ2v) is 5.58. The molecule has 0 bridgehead atoms. The third-order valence-electron chi connectivity index (χ3n) is 2.80. The van der Waals surface area contributed by atoms with Crippen LogP contribution in [-0.2, 0) is 6.42 Å². The van der Waals surface area contributed by atoms with Crippen molar-refractivity contribution in [3.8, 4) is 0 Å². The zero-order valence-electron chi connectivity index (χ0n) is 11.4. The lowest BCUT2D eigenvalue weighted by atomic mass is 9.88. The quantitative estimate of drug-likeness (QED) is 0.736. The maximum atomic E-state index is 2.38. The Labute approximate surface area is 100 Å². The van der Waals surface area contributed by atoms with E-state index in [1.807, 2.05) is 0 Å². The van der Waals surface area contributed by atoms with Gasteiger partial charge in [0.1, 0.15) is 0 Å². The van der Waals surface area contributed by atoms with E-state index in [1.54, 1.807) is 0 Å². The lowest BCUT2D eigenvalue weighted by molar-refractivity contribution is 0.411. The van der Waals surface area contributed by atoms with Crippen LogP contribution < -0.4 is 4.90 Å². The van der Waals surface area contributed by atoms with Gasteiger partial charge >= 0.3 is 0 Å². The van der Waals surface area contributed by atoms with Crippen molar-refractivity contribution in [1.82, 2.24) is 0 Å². The first kappa shape index (κ1) is 13.1. The van der Waals surface area contributed by atoms with Gasteiger partial charge in [-0.05, 0) is 43.4 Å². The van der Waals surface area contributed by atoms with Gasteiger partial charge < -0.3 is 4.90 Å². The molecule has 1 rings (SSSR count). The molecule has 0 aliphatic heterocycles. The second kappa shape index (κ2) is 5.38. The predicted molar refractivity (Wildman–Crippen MR) is 73.2 cm³/mol. The third kappa shape index (κ3) is 3.88. The Morgan fingerprint density at radius 3 is 1.81 bits per heavy atom. The van der Waals surface area contributed by atoms with Crippen LogP contribution in [0.4, 0.5) is 5.69 Å². The van der Waals surface area contributed by atoms with E-state index in [0.717, 1.165) is 19.5 Å². The molecule has 16 heavy (non-hydrogen) atoms. The fourth-order valence-corrected chi connectivity index (χ4v) is 2.03. The van der Waals surface area contributed by atoms with E-state index in [-0.39, 0.29) is 0 Å². The zero-order valence-corrected chi connectivity index (χ0v) is 11.4. The maximum Gasteiger partial charge on any atom is 0.0366 e. The van der Waals surface area contributed by atoms with E-state index in [9.17, 15) is 0 Å². The molecule has 0 N–H and O–H groups in total. The summed E-state index contributed by atoms with van der Waals surface area (Å²) in [5.74, 6) is 0. The Morgan fingerprint density at radius 2 is 1.44 bits per heavy atom. The Bertz CT molecular complexity index is 301. The maximum absolute atomic E-state index is 2.38. The summed E-state index contributed by atoms with van der Waals surface area (Å²) >= 11 is 0. The first-order valence-corrected chi connectivity index (χ1v) is 6.30. The summed E-state index contributed by atoms with van der Waals surface area (Å²) in [6, 6.07) is 9.01. The molecule has 0 atom stereocenters. The SMILES string of the molecule is CCN(CC)c1ccc(CC(C)(C)C)cc1. The van der Waals surface area contributed by atoms with E-state index in [1.165, 1.54) is 11.3 Å². The lowest BCUT2D eigenvalue weighted by Crippen LogP contribution is -2.21. The minimum atomic E-state index is 0.372. The largest absolute Gasteiger partial charge is 0.372 e. The molecular weight excluding hydrogens is 194 g/mol. The molecule has 0 spiro atoms. The van der Waals surface area contributed by atoms with Crippen LogP contribution in [0.1, 0.15) is 40.2 Å². The van der Waals surface area contributed by atoms with E-state index in [2.05, 4.69) is 63.8 Å². The molecule has 0 aliphatic rings. The first-order valence-electron chi connectivity index (χ1n) is 6.30. The Morgan fingerprint density at radius 1 is 0.938 bits per heavy atom. The molecule has 1 aromatic rings. The number of rotatable bonds is 4. The van der Waals surface area contributed by atoms with Crippen LogP contribution in [0.3, 0.4) is 0 Å². The number of nitrogens with zero attached hydrogens (tertiary/aromatic N) is 1. The fourth-order valence-electron chi connectivity index (χ4n) is 2.03. The fraction of sp³-hybridized carbons (Fsp3) is 0.600.